The van der Waals surface area contributed by atoms with Crippen molar-refractivity contribution in [3.63, 3.8) is 0 Å². The number of anilines is 3. The van der Waals surface area contributed by atoms with Crippen LogP contribution < -0.4 is 10.6 Å². The molecule has 0 saturated heterocycles. The van der Waals surface area contributed by atoms with E-state index < -0.39 is 5.97 Å². The van der Waals surface area contributed by atoms with Crippen LogP contribution in [0.5, 0.6) is 0 Å². The molecule has 0 aliphatic carbocycles. The second-order valence-corrected chi connectivity index (χ2v) is 6.07. The van der Waals surface area contributed by atoms with Gasteiger partial charge in [0.15, 0.2) is 11.6 Å². The minimum absolute atomic E-state index is 0.234. The fourth-order valence-electron chi connectivity index (χ4n) is 2.17. The molecule has 132 valence electrons. The molecule has 7 nitrogen and oxygen atoms in total. The zero-order chi connectivity index (χ0) is 18.4. The van der Waals surface area contributed by atoms with E-state index in [0.717, 1.165) is 0 Å². The summed E-state index contributed by atoms with van der Waals surface area (Å²) in [6.07, 6.45) is 0. The van der Waals surface area contributed by atoms with Crippen molar-refractivity contribution >= 4 is 40.5 Å². The number of benzene rings is 1. The molecule has 0 atom stereocenters. The largest absolute Gasteiger partial charge is 0.462 e. The van der Waals surface area contributed by atoms with Crippen LogP contribution in [0, 0.1) is 0 Å². The first-order chi connectivity index (χ1) is 12.7. The van der Waals surface area contributed by atoms with Crippen LogP contribution in [0.2, 0.25) is 0 Å². The highest BCUT2D eigenvalue weighted by molar-refractivity contribution is 7.12. The van der Waals surface area contributed by atoms with E-state index in [1.807, 2.05) is 5.38 Å². The molecule has 1 aromatic carbocycles. The SMILES string of the molecule is CCOC(=O)c1ccccc1Nc1ccc(NC(=O)c2cccs2)nn1. The van der Waals surface area contributed by atoms with Crippen LogP contribution in [0.25, 0.3) is 0 Å². The van der Waals surface area contributed by atoms with E-state index in [9.17, 15) is 9.59 Å². The lowest BCUT2D eigenvalue weighted by atomic mass is 10.2. The van der Waals surface area contributed by atoms with Crippen LogP contribution in [-0.2, 0) is 4.74 Å². The summed E-state index contributed by atoms with van der Waals surface area (Å²) in [6.45, 7) is 2.05. The normalized spacial score (nSPS) is 10.2. The third-order valence-corrected chi connectivity index (χ3v) is 4.20. The highest BCUT2D eigenvalue weighted by Crippen LogP contribution is 2.21. The van der Waals surface area contributed by atoms with Crippen molar-refractivity contribution in [3.8, 4) is 0 Å². The molecule has 8 heteroatoms. The molecule has 0 bridgehead atoms. The Hall–Kier alpha value is -3.26. The Morgan fingerprint density at radius 3 is 2.50 bits per heavy atom. The molecule has 2 aromatic heterocycles. The minimum Gasteiger partial charge on any atom is -0.462 e. The Balaban J connectivity index is 1.70. The number of thiophene rings is 1. The number of nitrogens with one attached hydrogen (secondary N) is 2. The van der Waals surface area contributed by atoms with Gasteiger partial charge < -0.3 is 15.4 Å². The summed E-state index contributed by atoms with van der Waals surface area (Å²) in [5.74, 6) is 0.134. The number of ether oxygens (including phenoxy) is 1. The van der Waals surface area contributed by atoms with Gasteiger partial charge in [0.1, 0.15) is 0 Å². The van der Waals surface area contributed by atoms with Gasteiger partial charge in [-0.2, -0.15) is 0 Å². The number of hydrogen-bond donors (Lipinski definition) is 2. The van der Waals surface area contributed by atoms with Crippen molar-refractivity contribution < 1.29 is 14.3 Å². The molecule has 26 heavy (non-hydrogen) atoms. The van der Waals surface area contributed by atoms with Crippen LogP contribution in [0.15, 0.2) is 53.9 Å². The van der Waals surface area contributed by atoms with Gasteiger partial charge in [-0.3, -0.25) is 4.79 Å². The Bertz CT molecular complexity index is 895. The summed E-state index contributed by atoms with van der Waals surface area (Å²) in [6, 6.07) is 13.8. The molecule has 2 heterocycles. The highest BCUT2D eigenvalue weighted by atomic mass is 32.1. The third-order valence-electron chi connectivity index (χ3n) is 3.34. The second-order valence-electron chi connectivity index (χ2n) is 5.13. The van der Waals surface area contributed by atoms with E-state index in [-0.39, 0.29) is 5.91 Å². The van der Waals surface area contributed by atoms with Crippen molar-refractivity contribution in [1.29, 1.82) is 0 Å². The molecular formula is C18H16N4O3S. The average molecular weight is 368 g/mol. The first-order valence-electron chi connectivity index (χ1n) is 7.89. The predicted octanol–water partition coefficient (Wildman–Crippen LogP) is 3.71. The van der Waals surface area contributed by atoms with E-state index in [1.165, 1.54) is 11.3 Å². The van der Waals surface area contributed by atoms with Crippen molar-refractivity contribution in [3.05, 3.63) is 64.4 Å². The maximum Gasteiger partial charge on any atom is 0.340 e. The zero-order valence-electron chi connectivity index (χ0n) is 13.9. The van der Waals surface area contributed by atoms with Crippen LogP contribution in [0.4, 0.5) is 17.3 Å². The Morgan fingerprint density at radius 1 is 1.04 bits per heavy atom. The zero-order valence-corrected chi connectivity index (χ0v) is 14.7. The Labute approximate surface area is 154 Å². The molecule has 0 radical (unpaired) electrons. The van der Waals surface area contributed by atoms with Crippen molar-refractivity contribution in [1.82, 2.24) is 10.2 Å². The van der Waals surface area contributed by atoms with Crippen LogP contribution in [-0.4, -0.2) is 28.7 Å². The average Bonchev–Trinajstić information content (AvgIpc) is 3.19. The van der Waals surface area contributed by atoms with Gasteiger partial charge in [0.05, 0.1) is 22.7 Å². The molecule has 0 aliphatic heterocycles. The van der Waals surface area contributed by atoms with E-state index in [4.69, 9.17) is 4.74 Å². The number of rotatable bonds is 6. The van der Waals surface area contributed by atoms with E-state index in [0.29, 0.717) is 34.4 Å². The molecule has 0 aliphatic rings. The lowest BCUT2D eigenvalue weighted by Gasteiger charge is -2.10. The van der Waals surface area contributed by atoms with Crippen molar-refractivity contribution in [2.45, 2.75) is 6.92 Å². The van der Waals surface area contributed by atoms with Crippen LogP contribution >= 0.6 is 11.3 Å². The first-order valence-corrected chi connectivity index (χ1v) is 8.77. The quantitative estimate of drug-likeness (QED) is 0.644. The summed E-state index contributed by atoms with van der Waals surface area (Å²) in [4.78, 5) is 24.6. The lowest BCUT2D eigenvalue weighted by molar-refractivity contribution is 0.0527. The smallest absolute Gasteiger partial charge is 0.340 e. The van der Waals surface area contributed by atoms with E-state index in [2.05, 4.69) is 20.8 Å². The maximum absolute atomic E-state index is 12.0. The molecule has 3 rings (SSSR count). The first kappa shape index (κ1) is 17.6. The Kier molecular flexibility index (Phi) is 5.55. The standard InChI is InChI=1S/C18H16N4O3S/c1-2-25-18(24)12-6-3-4-7-13(12)19-15-9-10-16(22-21-15)20-17(23)14-8-5-11-26-14/h3-11H,2H2,1H3,(H,19,21)(H,20,22,23). The molecule has 0 spiro atoms. The van der Waals surface area contributed by atoms with Gasteiger partial charge in [0.2, 0.25) is 0 Å². The number of esters is 1. The number of amides is 1. The number of aromatic nitrogens is 2. The topological polar surface area (TPSA) is 93.2 Å². The molecule has 1 amide bonds. The number of nitrogens with zero attached hydrogens (tertiary/aromatic N) is 2. The summed E-state index contributed by atoms with van der Waals surface area (Å²) in [7, 11) is 0. The van der Waals surface area contributed by atoms with Gasteiger partial charge in [-0.05, 0) is 42.6 Å². The van der Waals surface area contributed by atoms with Crippen LogP contribution in [0.3, 0.4) is 0 Å². The molecule has 0 saturated carbocycles. The summed E-state index contributed by atoms with van der Waals surface area (Å²) < 4.78 is 5.04. The van der Waals surface area contributed by atoms with Gasteiger partial charge in [-0.15, -0.1) is 21.5 Å². The molecule has 2 N–H and O–H groups in total. The minimum atomic E-state index is -0.414. The summed E-state index contributed by atoms with van der Waals surface area (Å²) in [5, 5.41) is 15.6. The van der Waals surface area contributed by atoms with Crippen molar-refractivity contribution in [2.75, 3.05) is 17.2 Å². The Morgan fingerprint density at radius 2 is 1.81 bits per heavy atom. The highest BCUT2D eigenvalue weighted by Gasteiger charge is 2.13. The van der Waals surface area contributed by atoms with Crippen LogP contribution in [0.1, 0.15) is 27.0 Å². The van der Waals surface area contributed by atoms with Gasteiger partial charge in [0.25, 0.3) is 5.91 Å². The fourth-order valence-corrected chi connectivity index (χ4v) is 2.79. The fraction of sp³-hybridized carbons (Fsp3) is 0.111. The van der Waals surface area contributed by atoms with Gasteiger partial charge in [-0.1, -0.05) is 18.2 Å². The summed E-state index contributed by atoms with van der Waals surface area (Å²) in [5.41, 5.74) is 0.974. The molecular weight excluding hydrogens is 352 g/mol. The summed E-state index contributed by atoms with van der Waals surface area (Å²) >= 11 is 1.35. The molecule has 3 aromatic rings. The van der Waals surface area contributed by atoms with E-state index in [1.54, 1.807) is 55.5 Å². The van der Waals surface area contributed by atoms with Gasteiger partial charge >= 0.3 is 5.97 Å². The monoisotopic (exact) mass is 368 g/mol. The van der Waals surface area contributed by atoms with Gasteiger partial charge in [0, 0.05) is 0 Å². The third kappa shape index (κ3) is 4.22. The van der Waals surface area contributed by atoms with E-state index >= 15 is 0 Å². The maximum atomic E-state index is 12.0. The molecule has 0 fully saturated rings. The number of hydrogen-bond acceptors (Lipinski definition) is 7. The predicted molar refractivity (Wildman–Crippen MR) is 100.0 cm³/mol. The van der Waals surface area contributed by atoms with Crippen molar-refractivity contribution in [2.24, 2.45) is 0 Å². The second kappa shape index (κ2) is 8.21. The molecule has 0 unspecified atom stereocenters. The van der Waals surface area contributed by atoms with Gasteiger partial charge in [-0.25, -0.2) is 4.79 Å². The lowest BCUT2D eigenvalue weighted by Crippen LogP contribution is -2.12. The number of para-hydroxylation sites is 1. The number of carbonyl (C=O) groups excluding carboxylic acids is 2. The number of carbonyl (C=O) groups is 2.